The minimum Gasteiger partial charge on any atom is -0.461 e. The topological polar surface area (TPSA) is 73.2 Å². The van der Waals surface area contributed by atoms with Gasteiger partial charge in [0.1, 0.15) is 5.69 Å². The van der Waals surface area contributed by atoms with Crippen molar-refractivity contribution in [3.8, 4) is 0 Å². The molecule has 0 saturated heterocycles. The summed E-state index contributed by atoms with van der Waals surface area (Å²) in [6.45, 7) is 1.97. The lowest BCUT2D eigenvalue weighted by molar-refractivity contribution is 0.0513. The molecule has 7 heteroatoms. The Morgan fingerprint density at radius 2 is 2.14 bits per heavy atom. The Balaban J connectivity index is 2.17. The van der Waals surface area contributed by atoms with E-state index >= 15 is 0 Å². The molecule has 0 unspecified atom stereocenters. The van der Waals surface area contributed by atoms with E-state index in [1.807, 2.05) is 0 Å². The average molecular weight is 308 g/mol. The van der Waals surface area contributed by atoms with Gasteiger partial charge >= 0.3 is 5.97 Å². The predicted molar refractivity (Wildman–Crippen MR) is 78.6 cm³/mol. The second kappa shape index (κ2) is 6.41. The number of hydrogen-bond acceptors (Lipinski definition) is 4. The van der Waals surface area contributed by atoms with Crippen LogP contribution in [0.15, 0.2) is 30.3 Å². The Hall–Kier alpha value is -2.34. The smallest absolute Gasteiger partial charge is 0.356 e. The van der Waals surface area contributed by atoms with Gasteiger partial charge in [0.15, 0.2) is 5.69 Å². The van der Waals surface area contributed by atoms with E-state index in [0.717, 1.165) is 0 Å². The summed E-state index contributed by atoms with van der Waals surface area (Å²) in [6, 6.07) is 8.14. The molecule has 0 bridgehead atoms. The molecule has 1 aromatic carbocycles. The number of benzene rings is 1. The summed E-state index contributed by atoms with van der Waals surface area (Å²) in [5.74, 6) is -0.947. The van der Waals surface area contributed by atoms with Crippen molar-refractivity contribution in [2.75, 3.05) is 11.9 Å². The summed E-state index contributed by atoms with van der Waals surface area (Å²) >= 11 is 5.85. The molecule has 1 aromatic heterocycles. The molecule has 0 aliphatic rings. The molecule has 1 heterocycles. The summed E-state index contributed by atoms with van der Waals surface area (Å²) in [5.41, 5.74) is 0.893. The van der Waals surface area contributed by atoms with Crippen LogP contribution in [0.1, 0.15) is 27.9 Å². The lowest BCUT2D eigenvalue weighted by Crippen LogP contribution is -2.13. The molecular formula is C14H14ClN3O3. The van der Waals surface area contributed by atoms with Crippen molar-refractivity contribution in [3.05, 3.63) is 46.7 Å². The Kier molecular flexibility index (Phi) is 4.59. The maximum atomic E-state index is 12.1. The minimum atomic E-state index is -0.519. The van der Waals surface area contributed by atoms with Crippen molar-refractivity contribution in [2.45, 2.75) is 6.92 Å². The standard InChI is InChI=1S/C14H14ClN3O3/c1-3-21-14(20)12-8-11(17-18(12)2)13(19)16-10-6-4-5-9(15)7-10/h4-8H,3H2,1-2H3,(H,16,19). The van der Waals surface area contributed by atoms with Crippen LogP contribution in [0, 0.1) is 0 Å². The van der Waals surface area contributed by atoms with E-state index in [-0.39, 0.29) is 18.0 Å². The van der Waals surface area contributed by atoms with Gasteiger partial charge in [0.05, 0.1) is 6.61 Å². The van der Waals surface area contributed by atoms with E-state index in [4.69, 9.17) is 16.3 Å². The van der Waals surface area contributed by atoms with E-state index in [0.29, 0.717) is 10.7 Å². The number of halogens is 1. The van der Waals surface area contributed by atoms with Crippen LogP contribution in [0.25, 0.3) is 0 Å². The molecular weight excluding hydrogens is 294 g/mol. The summed E-state index contributed by atoms with van der Waals surface area (Å²) in [6.07, 6.45) is 0. The van der Waals surface area contributed by atoms with Crippen LogP contribution in [-0.2, 0) is 11.8 Å². The maximum absolute atomic E-state index is 12.1. The highest BCUT2D eigenvalue weighted by Crippen LogP contribution is 2.16. The normalized spacial score (nSPS) is 10.2. The van der Waals surface area contributed by atoms with Crippen LogP contribution < -0.4 is 5.32 Å². The van der Waals surface area contributed by atoms with Crippen LogP contribution in [0.3, 0.4) is 0 Å². The molecule has 0 aliphatic heterocycles. The van der Waals surface area contributed by atoms with Crippen molar-refractivity contribution >= 4 is 29.2 Å². The zero-order chi connectivity index (χ0) is 15.4. The van der Waals surface area contributed by atoms with Gasteiger partial charge in [-0.2, -0.15) is 5.10 Å². The van der Waals surface area contributed by atoms with E-state index in [1.54, 1.807) is 38.2 Å². The SMILES string of the molecule is CCOC(=O)c1cc(C(=O)Nc2cccc(Cl)c2)nn1C. The summed E-state index contributed by atoms with van der Waals surface area (Å²) in [4.78, 5) is 23.8. The van der Waals surface area contributed by atoms with Gasteiger partial charge in [-0.15, -0.1) is 0 Å². The van der Waals surface area contributed by atoms with Gasteiger partial charge in [-0.1, -0.05) is 17.7 Å². The first-order valence-corrected chi connectivity index (χ1v) is 6.67. The molecule has 0 aliphatic carbocycles. The number of nitrogens with zero attached hydrogens (tertiary/aromatic N) is 2. The molecule has 110 valence electrons. The highest BCUT2D eigenvalue weighted by atomic mass is 35.5. The van der Waals surface area contributed by atoms with Crippen LogP contribution in [0.2, 0.25) is 5.02 Å². The number of nitrogens with one attached hydrogen (secondary N) is 1. The first-order valence-electron chi connectivity index (χ1n) is 6.29. The Bertz CT molecular complexity index is 682. The van der Waals surface area contributed by atoms with E-state index in [1.165, 1.54) is 10.7 Å². The lowest BCUT2D eigenvalue weighted by atomic mass is 10.3. The van der Waals surface area contributed by atoms with Gasteiger partial charge in [-0.05, 0) is 25.1 Å². The fraction of sp³-hybridized carbons (Fsp3) is 0.214. The van der Waals surface area contributed by atoms with Gasteiger partial charge in [0.2, 0.25) is 0 Å². The van der Waals surface area contributed by atoms with Gasteiger partial charge in [-0.25, -0.2) is 4.79 Å². The zero-order valence-corrected chi connectivity index (χ0v) is 12.3. The van der Waals surface area contributed by atoms with Crippen molar-refractivity contribution in [1.82, 2.24) is 9.78 Å². The first-order chi connectivity index (χ1) is 10.0. The molecule has 2 aromatic rings. The van der Waals surface area contributed by atoms with Crippen LogP contribution in [-0.4, -0.2) is 28.3 Å². The van der Waals surface area contributed by atoms with Crippen LogP contribution >= 0.6 is 11.6 Å². The van der Waals surface area contributed by atoms with Gasteiger partial charge < -0.3 is 10.1 Å². The highest BCUT2D eigenvalue weighted by molar-refractivity contribution is 6.30. The number of ether oxygens (including phenoxy) is 1. The first kappa shape index (κ1) is 15.1. The zero-order valence-electron chi connectivity index (χ0n) is 11.6. The number of amides is 1. The number of rotatable bonds is 4. The van der Waals surface area contributed by atoms with E-state index in [9.17, 15) is 9.59 Å². The second-order valence-electron chi connectivity index (χ2n) is 4.22. The van der Waals surface area contributed by atoms with Gasteiger partial charge in [0, 0.05) is 23.8 Å². The van der Waals surface area contributed by atoms with Crippen molar-refractivity contribution in [1.29, 1.82) is 0 Å². The van der Waals surface area contributed by atoms with Gasteiger partial charge in [0.25, 0.3) is 5.91 Å². The molecule has 0 atom stereocenters. The molecule has 0 spiro atoms. The molecule has 1 amide bonds. The number of anilines is 1. The fourth-order valence-corrected chi connectivity index (χ4v) is 1.93. The van der Waals surface area contributed by atoms with Crippen molar-refractivity contribution in [3.63, 3.8) is 0 Å². The maximum Gasteiger partial charge on any atom is 0.356 e. The number of esters is 1. The monoisotopic (exact) mass is 307 g/mol. The third-order valence-corrected chi connectivity index (χ3v) is 2.91. The van der Waals surface area contributed by atoms with E-state index < -0.39 is 11.9 Å². The molecule has 0 fully saturated rings. The lowest BCUT2D eigenvalue weighted by Gasteiger charge is -2.02. The summed E-state index contributed by atoms with van der Waals surface area (Å²) in [5, 5.41) is 7.18. The Morgan fingerprint density at radius 3 is 2.81 bits per heavy atom. The average Bonchev–Trinajstić information content (AvgIpc) is 2.81. The molecule has 21 heavy (non-hydrogen) atoms. The van der Waals surface area contributed by atoms with Crippen molar-refractivity contribution < 1.29 is 14.3 Å². The van der Waals surface area contributed by atoms with E-state index in [2.05, 4.69) is 10.4 Å². The van der Waals surface area contributed by atoms with Crippen LogP contribution in [0.4, 0.5) is 5.69 Å². The third-order valence-electron chi connectivity index (χ3n) is 2.68. The largest absolute Gasteiger partial charge is 0.461 e. The second-order valence-corrected chi connectivity index (χ2v) is 4.66. The molecule has 2 rings (SSSR count). The molecule has 0 saturated carbocycles. The van der Waals surface area contributed by atoms with Gasteiger partial charge in [-0.3, -0.25) is 9.48 Å². The molecule has 0 radical (unpaired) electrons. The highest BCUT2D eigenvalue weighted by Gasteiger charge is 2.18. The number of aryl methyl sites for hydroxylation is 1. The number of carbonyl (C=O) groups excluding carboxylic acids is 2. The predicted octanol–water partition coefficient (Wildman–Crippen LogP) is 2.50. The number of aromatic nitrogens is 2. The molecule has 6 nitrogen and oxygen atoms in total. The quantitative estimate of drug-likeness (QED) is 0.881. The minimum absolute atomic E-state index is 0.125. The number of hydrogen-bond donors (Lipinski definition) is 1. The fourth-order valence-electron chi connectivity index (χ4n) is 1.74. The van der Waals surface area contributed by atoms with Crippen molar-refractivity contribution in [2.24, 2.45) is 7.05 Å². The third kappa shape index (κ3) is 3.61. The Labute approximate surface area is 126 Å². The summed E-state index contributed by atoms with van der Waals surface area (Å²) in [7, 11) is 1.57. The molecule has 1 N–H and O–H groups in total. The summed E-state index contributed by atoms with van der Waals surface area (Å²) < 4.78 is 6.20. The Morgan fingerprint density at radius 1 is 1.38 bits per heavy atom. The number of carbonyl (C=O) groups is 2. The van der Waals surface area contributed by atoms with Crippen LogP contribution in [0.5, 0.6) is 0 Å².